The van der Waals surface area contributed by atoms with Crippen molar-refractivity contribution in [3.05, 3.63) is 23.8 Å². The summed E-state index contributed by atoms with van der Waals surface area (Å²) in [7, 11) is 0. The zero-order valence-corrected chi connectivity index (χ0v) is 14.8. The van der Waals surface area contributed by atoms with Crippen molar-refractivity contribution < 1.29 is 19.1 Å². The average Bonchev–Trinajstić information content (AvgIpc) is 2.54. The van der Waals surface area contributed by atoms with Gasteiger partial charge in [0.1, 0.15) is 5.75 Å². The van der Waals surface area contributed by atoms with Crippen LogP contribution < -0.4 is 10.1 Å². The van der Waals surface area contributed by atoms with Crippen molar-refractivity contribution in [3.63, 3.8) is 0 Å². The number of rotatable bonds is 9. The number of benzene rings is 1. The Morgan fingerprint density at radius 1 is 1.12 bits per heavy atom. The minimum absolute atomic E-state index is 0.0996. The van der Waals surface area contributed by atoms with Gasteiger partial charge in [-0.1, -0.05) is 6.92 Å². The summed E-state index contributed by atoms with van der Waals surface area (Å²) in [6, 6.07) is 4.85. The van der Waals surface area contributed by atoms with E-state index >= 15 is 0 Å². The van der Waals surface area contributed by atoms with Crippen LogP contribution in [0.4, 0.5) is 5.69 Å². The van der Waals surface area contributed by atoms with Gasteiger partial charge in [0.25, 0.3) is 5.91 Å². The van der Waals surface area contributed by atoms with Crippen LogP contribution in [-0.2, 0) is 9.59 Å². The fraction of sp³-hybridized carbons (Fsp3) is 0.500. The number of anilines is 1. The fourth-order valence-corrected chi connectivity index (χ4v) is 2.27. The lowest BCUT2D eigenvalue weighted by Gasteiger charge is -2.19. The molecule has 0 aromatic heterocycles. The Morgan fingerprint density at radius 2 is 1.79 bits per heavy atom. The van der Waals surface area contributed by atoms with E-state index in [4.69, 9.17) is 4.74 Å². The zero-order chi connectivity index (χ0) is 18.1. The molecule has 24 heavy (non-hydrogen) atoms. The van der Waals surface area contributed by atoms with Crippen molar-refractivity contribution in [2.24, 2.45) is 0 Å². The molecule has 0 heterocycles. The molecule has 1 aromatic carbocycles. The molecule has 2 amide bonds. The Bertz CT molecular complexity index is 595. The highest BCUT2D eigenvalue weighted by atomic mass is 16.5. The topological polar surface area (TPSA) is 75.7 Å². The Hall–Kier alpha value is -2.37. The normalized spacial score (nSPS) is 10.2. The second-order valence-electron chi connectivity index (χ2n) is 5.42. The molecule has 0 saturated carbocycles. The number of ether oxygens (including phenoxy) is 1. The average molecular weight is 334 g/mol. The van der Waals surface area contributed by atoms with Gasteiger partial charge in [0.05, 0.1) is 5.56 Å². The molecule has 0 saturated heterocycles. The van der Waals surface area contributed by atoms with Gasteiger partial charge in [0, 0.05) is 25.2 Å². The van der Waals surface area contributed by atoms with Crippen LogP contribution in [0.5, 0.6) is 5.75 Å². The van der Waals surface area contributed by atoms with Gasteiger partial charge in [-0.15, -0.1) is 0 Å². The highest BCUT2D eigenvalue weighted by Gasteiger charge is 2.15. The molecule has 0 aliphatic carbocycles. The largest absolute Gasteiger partial charge is 0.483 e. The molecule has 132 valence electrons. The number of Topliss-reactive ketones (excluding diaryl/α,β-unsaturated/α-hetero) is 1. The van der Waals surface area contributed by atoms with Gasteiger partial charge >= 0.3 is 0 Å². The van der Waals surface area contributed by atoms with Gasteiger partial charge in [-0.2, -0.15) is 0 Å². The molecule has 0 aliphatic rings. The summed E-state index contributed by atoms with van der Waals surface area (Å²) in [6.45, 7) is 8.24. The lowest BCUT2D eigenvalue weighted by atomic mass is 10.1. The summed E-state index contributed by atoms with van der Waals surface area (Å²) in [4.78, 5) is 37.2. The third-order valence-corrected chi connectivity index (χ3v) is 3.59. The Balaban J connectivity index is 2.86. The lowest BCUT2D eigenvalue weighted by molar-refractivity contribution is -0.133. The van der Waals surface area contributed by atoms with Gasteiger partial charge in [0.15, 0.2) is 12.4 Å². The summed E-state index contributed by atoms with van der Waals surface area (Å²) >= 11 is 0. The first-order valence-electron chi connectivity index (χ1n) is 8.28. The number of amides is 2. The predicted molar refractivity (Wildman–Crippen MR) is 93.4 cm³/mol. The molecule has 0 atom stereocenters. The van der Waals surface area contributed by atoms with Crippen molar-refractivity contribution in [1.82, 2.24) is 4.90 Å². The SMILES string of the molecule is CCCC(=O)Nc1ccc(OCC(=O)N(CC)CC)c(C(C)=O)c1. The number of carbonyl (C=O) groups is 3. The number of nitrogens with zero attached hydrogens (tertiary/aromatic N) is 1. The molecule has 1 N–H and O–H groups in total. The molecule has 0 fully saturated rings. The maximum absolute atomic E-state index is 12.0. The standard InChI is InChI=1S/C18H26N2O4/c1-5-8-17(22)19-14-9-10-16(15(11-14)13(4)21)24-12-18(23)20(6-2)7-3/h9-11H,5-8,12H2,1-4H3,(H,19,22). The molecule has 0 unspecified atom stereocenters. The van der Waals surface area contributed by atoms with Gasteiger partial charge < -0.3 is 15.0 Å². The molecular formula is C18H26N2O4. The first-order chi connectivity index (χ1) is 11.4. The second kappa shape index (κ2) is 9.70. The number of hydrogen-bond acceptors (Lipinski definition) is 4. The summed E-state index contributed by atoms with van der Waals surface area (Å²) in [5.41, 5.74) is 0.887. The van der Waals surface area contributed by atoms with E-state index in [1.165, 1.54) is 6.92 Å². The third-order valence-electron chi connectivity index (χ3n) is 3.59. The van der Waals surface area contributed by atoms with Crippen molar-refractivity contribution in [1.29, 1.82) is 0 Å². The van der Waals surface area contributed by atoms with E-state index in [0.29, 0.717) is 36.5 Å². The molecule has 1 aromatic rings. The number of nitrogens with one attached hydrogen (secondary N) is 1. The molecule has 0 spiro atoms. The van der Waals surface area contributed by atoms with E-state index < -0.39 is 0 Å². The van der Waals surface area contributed by atoms with E-state index in [0.717, 1.165) is 6.42 Å². The van der Waals surface area contributed by atoms with Crippen molar-refractivity contribution in [2.45, 2.75) is 40.5 Å². The van der Waals surface area contributed by atoms with Crippen LogP contribution in [0.1, 0.15) is 50.9 Å². The maximum Gasteiger partial charge on any atom is 0.260 e. The van der Waals surface area contributed by atoms with E-state index in [9.17, 15) is 14.4 Å². The fourth-order valence-electron chi connectivity index (χ4n) is 2.27. The summed E-state index contributed by atoms with van der Waals surface area (Å²) < 4.78 is 5.53. The minimum Gasteiger partial charge on any atom is -0.483 e. The van der Waals surface area contributed by atoms with E-state index in [1.807, 2.05) is 20.8 Å². The molecular weight excluding hydrogens is 308 g/mol. The van der Waals surface area contributed by atoms with Gasteiger partial charge in [-0.05, 0) is 45.4 Å². The smallest absolute Gasteiger partial charge is 0.260 e. The minimum atomic E-state index is -0.188. The first kappa shape index (κ1) is 19.7. The quantitative estimate of drug-likeness (QED) is 0.705. The Kier molecular flexibility index (Phi) is 7.95. The highest BCUT2D eigenvalue weighted by molar-refractivity contribution is 5.99. The third kappa shape index (κ3) is 5.68. The molecule has 6 nitrogen and oxygen atoms in total. The van der Waals surface area contributed by atoms with Crippen molar-refractivity contribution in [3.8, 4) is 5.75 Å². The monoisotopic (exact) mass is 334 g/mol. The lowest BCUT2D eigenvalue weighted by Crippen LogP contribution is -2.34. The number of likely N-dealkylation sites (N-methyl/N-ethyl adjacent to an activating group) is 1. The predicted octanol–water partition coefficient (Wildman–Crippen LogP) is 2.88. The molecule has 0 bridgehead atoms. The van der Waals surface area contributed by atoms with E-state index in [1.54, 1.807) is 23.1 Å². The maximum atomic E-state index is 12.0. The highest BCUT2D eigenvalue weighted by Crippen LogP contribution is 2.24. The van der Waals surface area contributed by atoms with Gasteiger partial charge in [-0.25, -0.2) is 0 Å². The van der Waals surface area contributed by atoms with E-state index in [-0.39, 0.29) is 24.2 Å². The summed E-state index contributed by atoms with van der Waals surface area (Å²) in [6.07, 6.45) is 1.17. The molecule has 0 radical (unpaired) electrons. The number of hydrogen-bond donors (Lipinski definition) is 1. The Morgan fingerprint density at radius 3 is 2.33 bits per heavy atom. The molecule has 1 rings (SSSR count). The summed E-state index contributed by atoms with van der Waals surface area (Å²) in [5.74, 6) is -0.0735. The zero-order valence-electron chi connectivity index (χ0n) is 14.8. The van der Waals surface area contributed by atoms with Crippen LogP contribution in [-0.4, -0.2) is 42.2 Å². The Labute approximate surface area is 143 Å². The van der Waals surface area contributed by atoms with Crippen LogP contribution in [0.3, 0.4) is 0 Å². The number of carbonyl (C=O) groups excluding carboxylic acids is 3. The van der Waals surface area contributed by atoms with Crippen molar-refractivity contribution >= 4 is 23.3 Å². The molecule has 0 aliphatic heterocycles. The summed E-state index contributed by atoms with van der Waals surface area (Å²) in [5, 5.41) is 2.74. The van der Waals surface area contributed by atoms with Crippen LogP contribution in [0.2, 0.25) is 0 Å². The van der Waals surface area contributed by atoms with Gasteiger partial charge in [-0.3, -0.25) is 14.4 Å². The van der Waals surface area contributed by atoms with E-state index in [2.05, 4.69) is 5.32 Å². The first-order valence-corrected chi connectivity index (χ1v) is 8.28. The molecule has 6 heteroatoms. The van der Waals surface area contributed by atoms with Gasteiger partial charge in [0.2, 0.25) is 5.91 Å². The second-order valence-corrected chi connectivity index (χ2v) is 5.42. The van der Waals surface area contributed by atoms with Crippen LogP contribution in [0.15, 0.2) is 18.2 Å². The number of ketones is 1. The van der Waals surface area contributed by atoms with Crippen molar-refractivity contribution in [2.75, 3.05) is 25.0 Å². The van der Waals surface area contributed by atoms with Crippen LogP contribution in [0.25, 0.3) is 0 Å². The van der Waals surface area contributed by atoms with Crippen LogP contribution in [0, 0.1) is 0 Å². The van der Waals surface area contributed by atoms with Crippen LogP contribution >= 0.6 is 0 Å².